The first kappa shape index (κ1) is 21.1. The summed E-state index contributed by atoms with van der Waals surface area (Å²) in [5, 5.41) is 4.73. The summed E-state index contributed by atoms with van der Waals surface area (Å²) in [6, 6.07) is 3.26. The van der Waals surface area contributed by atoms with Crippen LogP contribution in [0.2, 0.25) is 0 Å². The summed E-state index contributed by atoms with van der Waals surface area (Å²) in [5.41, 5.74) is -5.96. The average Bonchev–Trinajstić information content (AvgIpc) is 2.44. The molecule has 0 radical (unpaired) electrons. The zero-order valence-electron chi connectivity index (χ0n) is 16.0. The van der Waals surface area contributed by atoms with Crippen molar-refractivity contribution in [3.05, 3.63) is 41.9 Å². The van der Waals surface area contributed by atoms with E-state index in [1.807, 2.05) is 0 Å². The van der Waals surface area contributed by atoms with Crippen molar-refractivity contribution < 1.29 is 27.1 Å². The van der Waals surface area contributed by atoms with Gasteiger partial charge < -0.3 is 10.1 Å². The van der Waals surface area contributed by atoms with E-state index in [9.17, 15) is 22.4 Å². The van der Waals surface area contributed by atoms with E-state index in [4.69, 9.17) is 4.74 Å². The van der Waals surface area contributed by atoms with Crippen LogP contribution < -0.4 is 10.6 Å². The van der Waals surface area contributed by atoms with Gasteiger partial charge in [-0.15, -0.1) is 0 Å². The average molecular weight is 388 g/mol. The topological polar surface area (TPSA) is 50.4 Å². The van der Waals surface area contributed by atoms with E-state index in [1.165, 1.54) is 6.07 Å². The van der Waals surface area contributed by atoms with Gasteiger partial charge in [0.15, 0.2) is 5.67 Å². The molecule has 1 aliphatic heterocycles. The molecule has 2 atom stereocenters. The number of benzene rings is 1. The summed E-state index contributed by atoms with van der Waals surface area (Å²) in [6.45, 7) is 10.5. The fraction of sp³-hybridized carbons (Fsp3) is 0.526. The number of nitrogens with one attached hydrogen (secondary N) is 2. The van der Waals surface area contributed by atoms with Crippen LogP contribution in [0.25, 0.3) is 0 Å². The Morgan fingerprint density at radius 2 is 1.85 bits per heavy atom. The van der Waals surface area contributed by atoms with Crippen molar-refractivity contribution >= 4 is 11.8 Å². The largest absolute Gasteiger partial charge is 0.444 e. The van der Waals surface area contributed by atoms with Crippen molar-refractivity contribution in [1.29, 1.82) is 0 Å². The van der Waals surface area contributed by atoms with E-state index in [1.54, 1.807) is 20.8 Å². The van der Waals surface area contributed by atoms with Crippen LogP contribution >= 0.6 is 0 Å². The van der Waals surface area contributed by atoms with Crippen LogP contribution in [-0.4, -0.2) is 23.3 Å². The van der Waals surface area contributed by atoms with Gasteiger partial charge in [0.2, 0.25) is 0 Å². The zero-order valence-corrected chi connectivity index (χ0v) is 16.0. The normalized spacial score (nSPS) is 27.7. The first-order valence-electron chi connectivity index (χ1n) is 8.42. The molecule has 1 aromatic carbocycles. The zero-order chi connectivity index (χ0) is 20.8. The van der Waals surface area contributed by atoms with E-state index in [0.717, 1.165) is 26.0 Å². The Morgan fingerprint density at radius 3 is 2.41 bits per heavy atom. The molecule has 1 saturated heterocycles. The van der Waals surface area contributed by atoms with Crippen LogP contribution in [0.1, 0.15) is 46.6 Å². The maximum atomic E-state index is 14.8. The van der Waals surface area contributed by atoms with Gasteiger partial charge in [0.1, 0.15) is 17.0 Å². The van der Waals surface area contributed by atoms with Crippen LogP contribution in [0.5, 0.6) is 0 Å². The van der Waals surface area contributed by atoms with Gasteiger partial charge in [0.05, 0.1) is 6.42 Å². The Balaban J connectivity index is 2.40. The highest BCUT2D eigenvalue weighted by Crippen LogP contribution is 2.50. The first-order chi connectivity index (χ1) is 12.1. The standard InChI is InChI=1S/C19H24F4N2O2/c1-11-17(5,21)10-19(22,23)18(6,25-11)13-9-12(7-8-14(13)20)24-15(26)27-16(2,3)4/h7-9,25H,1,10H2,2-6H3,(H,24,26)/t17-,18-/m1/s1. The van der Waals surface area contributed by atoms with Gasteiger partial charge in [-0.05, 0) is 52.8 Å². The molecule has 27 heavy (non-hydrogen) atoms. The lowest BCUT2D eigenvalue weighted by Crippen LogP contribution is -2.62. The lowest BCUT2D eigenvalue weighted by molar-refractivity contribution is -0.136. The second kappa shape index (κ2) is 6.42. The molecule has 0 saturated carbocycles. The lowest BCUT2D eigenvalue weighted by Gasteiger charge is -2.48. The van der Waals surface area contributed by atoms with Gasteiger partial charge in [0, 0.05) is 16.9 Å². The SMILES string of the molecule is C=C1N[C@](C)(c2cc(NC(=O)OC(C)(C)C)ccc2F)C(F)(F)C[C@@]1(C)F. The highest BCUT2D eigenvalue weighted by Gasteiger charge is 2.61. The molecule has 1 fully saturated rings. The molecular formula is C19H24F4N2O2. The van der Waals surface area contributed by atoms with E-state index >= 15 is 0 Å². The third-order valence-corrected chi connectivity index (χ3v) is 4.47. The summed E-state index contributed by atoms with van der Waals surface area (Å²) in [7, 11) is 0. The molecule has 1 amide bonds. The Labute approximate surface area is 156 Å². The number of carbonyl (C=O) groups is 1. The molecule has 0 spiro atoms. The van der Waals surface area contributed by atoms with E-state index in [0.29, 0.717) is 0 Å². The van der Waals surface area contributed by atoms with Crippen molar-refractivity contribution in [3.63, 3.8) is 0 Å². The summed E-state index contributed by atoms with van der Waals surface area (Å²) >= 11 is 0. The predicted molar refractivity (Wildman–Crippen MR) is 95.0 cm³/mol. The summed E-state index contributed by atoms with van der Waals surface area (Å²) < 4.78 is 63.4. The van der Waals surface area contributed by atoms with Crippen LogP contribution in [0.15, 0.2) is 30.5 Å². The maximum Gasteiger partial charge on any atom is 0.412 e. The van der Waals surface area contributed by atoms with Crippen molar-refractivity contribution in [2.24, 2.45) is 0 Å². The minimum atomic E-state index is -3.62. The fourth-order valence-electron chi connectivity index (χ4n) is 2.90. The van der Waals surface area contributed by atoms with Gasteiger partial charge >= 0.3 is 6.09 Å². The molecule has 0 aliphatic carbocycles. The van der Waals surface area contributed by atoms with Crippen molar-refractivity contribution in [2.75, 3.05) is 5.32 Å². The van der Waals surface area contributed by atoms with Gasteiger partial charge in [-0.2, -0.15) is 0 Å². The summed E-state index contributed by atoms with van der Waals surface area (Å²) in [6.07, 6.45) is -1.96. The number of allylic oxidation sites excluding steroid dienone is 1. The number of hydrogen-bond acceptors (Lipinski definition) is 3. The molecular weight excluding hydrogens is 364 g/mol. The molecule has 8 heteroatoms. The number of rotatable bonds is 2. The van der Waals surface area contributed by atoms with Crippen molar-refractivity contribution in [3.8, 4) is 0 Å². The van der Waals surface area contributed by atoms with Gasteiger partial charge in [-0.25, -0.2) is 22.4 Å². The molecule has 1 aliphatic rings. The predicted octanol–water partition coefficient (Wildman–Crippen LogP) is 5.26. The minimum Gasteiger partial charge on any atom is -0.444 e. The molecule has 1 aromatic rings. The van der Waals surface area contributed by atoms with Gasteiger partial charge in [-0.3, -0.25) is 5.32 Å². The van der Waals surface area contributed by atoms with Crippen LogP contribution in [-0.2, 0) is 10.3 Å². The number of anilines is 1. The number of hydrogen-bond donors (Lipinski definition) is 2. The number of alkyl halides is 3. The quantitative estimate of drug-likeness (QED) is 0.680. The number of halogens is 4. The first-order valence-corrected chi connectivity index (χ1v) is 8.42. The number of amides is 1. The second-order valence-electron chi connectivity index (χ2n) is 8.13. The van der Waals surface area contributed by atoms with Gasteiger partial charge in [-0.1, -0.05) is 6.58 Å². The third-order valence-electron chi connectivity index (χ3n) is 4.47. The summed E-state index contributed by atoms with van der Waals surface area (Å²) in [4.78, 5) is 11.9. The maximum absolute atomic E-state index is 14.8. The molecule has 2 rings (SSSR count). The van der Waals surface area contributed by atoms with Crippen LogP contribution in [0.3, 0.4) is 0 Å². The smallest absolute Gasteiger partial charge is 0.412 e. The fourth-order valence-corrected chi connectivity index (χ4v) is 2.90. The molecule has 0 bridgehead atoms. The highest BCUT2D eigenvalue weighted by molar-refractivity contribution is 5.85. The van der Waals surface area contributed by atoms with Crippen LogP contribution in [0.4, 0.5) is 28.0 Å². The Morgan fingerprint density at radius 1 is 1.26 bits per heavy atom. The monoisotopic (exact) mass is 388 g/mol. The second-order valence-corrected chi connectivity index (χ2v) is 8.13. The number of piperidine rings is 1. The van der Waals surface area contributed by atoms with E-state index < -0.39 is 46.6 Å². The van der Waals surface area contributed by atoms with E-state index in [-0.39, 0.29) is 11.4 Å². The molecule has 2 N–H and O–H groups in total. The number of ether oxygens (including phenoxy) is 1. The summed E-state index contributed by atoms with van der Waals surface area (Å²) in [5.74, 6) is -4.54. The third kappa shape index (κ3) is 4.20. The van der Waals surface area contributed by atoms with Crippen LogP contribution in [0, 0.1) is 5.82 Å². The van der Waals surface area contributed by atoms with Gasteiger partial charge in [0.25, 0.3) is 5.92 Å². The highest BCUT2D eigenvalue weighted by atomic mass is 19.3. The van der Waals surface area contributed by atoms with E-state index in [2.05, 4.69) is 17.2 Å². The minimum absolute atomic E-state index is 0.0682. The Bertz CT molecular complexity index is 771. The Kier molecular flexibility index (Phi) is 5.01. The van der Waals surface area contributed by atoms with Crippen molar-refractivity contribution in [1.82, 2.24) is 5.32 Å². The molecule has 4 nitrogen and oxygen atoms in total. The Hall–Kier alpha value is -2.25. The molecule has 150 valence electrons. The molecule has 0 unspecified atom stereocenters. The number of carbonyl (C=O) groups excluding carboxylic acids is 1. The van der Waals surface area contributed by atoms with Crippen molar-refractivity contribution in [2.45, 2.75) is 63.8 Å². The lowest BCUT2D eigenvalue weighted by atomic mass is 9.75. The molecule has 0 aromatic heterocycles. The molecule has 1 heterocycles.